The first kappa shape index (κ1) is 21.7. The minimum Gasteiger partial charge on any atom is -0.355 e. The number of alkyl halides is 3. The summed E-state index contributed by atoms with van der Waals surface area (Å²) in [6, 6.07) is 10.6. The lowest BCUT2D eigenvalue weighted by Gasteiger charge is -2.20. The number of nitrogens with one attached hydrogen (secondary N) is 3. The maximum absolute atomic E-state index is 12.9. The van der Waals surface area contributed by atoms with E-state index in [2.05, 4.69) is 16.0 Å². The first-order chi connectivity index (χ1) is 13.2. The van der Waals surface area contributed by atoms with E-state index >= 15 is 0 Å². The topological polar surface area (TPSA) is 70.2 Å². The Balaban J connectivity index is 2.19. The molecule has 0 aromatic heterocycles. The van der Waals surface area contributed by atoms with Gasteiger partial charge in [0, 0.05) is 20.0 Å². The van der Waals surface area contributed by atoms with Gasteiger partial charge in [-0.1, -0.05) is 41.9 Å². The van der Waals surface area contributed by atoms with Crippen LogP contribution in [0.25, 0.3) is 0 Å². The minimum absolute atomic E-state index is 0.00796. The van der Waals surface area contributed by atoms with Crippen LogP contribution in [0.4, 0.5) is 18.9 Å². The fraction of sp³-hybridized carbons (Fsp3) is 0.263. The lowest BCUT2D eigenvalue weighted by Crippen LogP contribution is -2.38. The molecule has 0 saturated carbocycles. The van der Waals surface area contributed by atoms with E-state index in [1.54, 1.807) is 30.3 Å². The molecule has 0 fully saturated rings. The van der Waals surface area contributed by atoms with Crippen LogP contribution in [-0.2, 0) is 15.8 Å². The molecule has 9 heteroatoms. The molecule has 0 aliphatic heterocycles. The Labute approximate surface area is 165 Å². The van der Waals surface area contributed by atoms with Crippen LogP contribution in [0.5, 0.6) is 0 Å². The van der Waals surface area contributed by atoms with Crippen molar-refractivity contribution in [2.75, 3.05) is 18.4 Å². The van der Waals surface area contributed by atoms with Crippen LogP contribution in [-0.4, -0.2) is 24.9 Å². The summed E-state index contributed by atoms with van der Waals surface area (Å²) in [5.41, 5.74) is -0.431. The van der Waals surface area contributed by atoms with Crippen molar-refractivity contribution >= 4 is 29.1 Å². The molecule has 5 nitrogen and oxygen atoms in total. The third kappa shape index (κ3) is 6.24. The number of carbonyl (C=O) groups excluding carboxylic acids is 2. The molecule has 0 heterocycles. The second-order valence-electron chi connectivity index (χ2n) is 5.96. The van der Waals surface area contributed by atoms with E-state index in [-0.39, 0.29) is 29.7 Å². The molecular formula is C19H19ClF3N3O2. The van der Waals surface area contributed by atoms with Crippen LogP contribution in [0.2, 0.25) is 5.02 Å². The number of benzene rings is 2. The zero-order valence-electron chi connectivity index (χ0n) is 14.9. The fourth-order valence-electron chi connectivity index (χ4n) is 2.46. The van der Waals surface area contributed by atoms with E-state index in [9.17, 15) is 22.8 Å². The highest BCUT2D eigenvalue weighted by atomic mass is 35.5. The molecule has 0 bridgehead atoms. The second-order valence-corrected chi connectivity index (χ2v) is 6.37. The average Bonchev–Trinajstić information content (AvgIpc) is 2.63. The minimum atomic E-state index is -4.56. The molecule has 0 spiro atoms. The van der Waals surface area contributed by atoms with Gasteiger partial charge in [0.15, 0.2) is 0 Å². The molecule has 28 heavy (non-hydrogen) atoms. The number of carbonyl (C=O) groups is 2. The van der Waals surface area contributed by atoms with Gasteiger partial charge in [-0.2, -0.15) is 13.2 Å². The quantitative estimate of drug-likeness (QED) is 0.605. The van der Waals surface area contributed by atoms with Crippen molar-refractivity contribution in [2.45, 2.75) is 19.1 Å². The molecule has 0 radical (unpaired) electrons. The molecule has 150 valence electrons. The van der Waals surface area contributed by atoms with Crippen molar-refractivity contribution < 1.29 is 22.8 Å². The van der Waals surface area contributed by atoms with Gasteiger partial charge in [-0.05, 0) is 23.8 Å². The normalized spacial score (nSPS) is 12.3. The predicted molar refractivity (Wildman–Crippen MR) is 101 cm³/mol. The van der Waals surface area contributed by atoms with E-state index in [0.717, 1.165) is 18.2 Å². The number of amides is 2. The number of rotatable bonds is 7. The summed E-state index contributed by atoms with van der Waals surface area (Å²) in [5, 5.41) is 8.02. The standard InChI is InChI=1S/C19H19ClF3N3O2/c1-12(27)24-9-10-25-17(13-5-3-2-4-6-13)18(28)26-16-11-14(19(21,22)23)7-8-15(16)20/h2-8,11,17,25H,9-10H2,1H3,(H,24,27)(H,26,28)/t17-/m1/s1. The van der Waals surface area contributed by atoms with Crippen LogP contribution in [0.3, 0.4) is 0 Å². The van der Waals surface area contributed by atoms with Gasteiger partial charge in [-0.3, -0.25) is 9.59 Å². The summed E-state index contributed by atoms with van der Waals surface area (Å²) in [7, 11) is 0. The van der Waals surface area contributed by atoms with Crippen LogP contribution >= 0.6 is 11.6 Å². The van der Waals surface area contributed by atoms with Gasteiger partial charge in [0.25, 0.3) is 0 Å². The van der Waals surface area contributed by atoms with Gasteiger partial charge in [0.2, 0.25) is 11.8 Å². The Morgan fingerprint density at radius 1 is 1.07 bits per heavy atom. The van der Waals surface area contributed by atoms with Gasteiger partial charge < -0.3 is 16.0 Å². The van der Waals surface area contributed by atoms with Crippen molar-refractivity contribution in [3.05, 3.63) is 64.7 Å². The molecule has 2 rings (SSSR count). The lowest BCUT2D eigenvalue weighted by molar-refractivity contribution is -0.137. The van der Waals surface area contributed by atoms with Crippen molar-refractivity contribution in [1.29, 1.82) is 0 Å². The average molecular weight is 414 g/mol. The molecule has 0 aliphatic carbocycles. The van der Waals surface area contributed by atoms with Crippen molar-refractivity contribution in [1.82, 2.24) is 10.6 Å². The number of halogens is 4. The van der Waals surface area contributed by atoms with E-state index in [4.69, 9.17) is 11.6 Å². The molecule has 3 N–H and O–H groups in total. The largest absolute Gasteiger partial charge is 0.416 e. The molecule has 1 atom stereocenters. The van der Waals surface area contributed by atoms with Gasteiger partial charge in [-0.15, -0.1) is 0 Å². The summed E-state index contributed by atoms with van der Waals surface area (Å²) in [6.45, 7) is 1.94. The Kier molecular flexibility index (Phi) is 7.42. The number of hydrogen-bond acceptors (Lipinski definition) is 3. The highest BCUT2D eigenvalue weighted by Gasteiger charge is 2.31. The Bertz CT molecular complexity index is 829. The van der Waals surface area contributed by atoms with Gasteiger partial charge in [0.05, 0.1) is 16.3 Å². The monoisotopic (exact) mass is 413 g/mol. The second kappa shape index (κ2) is 9.57. The Morgan fingerprint density at radius 3 is 2.36 bits per heavy atom. The summed E-state index contributed by atoms with van der Waals surface area (Å²) in [4.78, 5) is 23.7. The lowest BCUT2D eigenvalue weighted by atomic mass is 10.1. The third-order valence-corrected chi connectivity index (χ3v) is 4.12. The first-order valence-corrected chi connectivity index (χ1v) is 8.76. The Hall–Kier alpha value is -2.58. The van der Waals surface area contributed by atoms with E-state index in [1.807, 2.05) is 0 Å². The summed E-state index contributed by atoms with van der Waals surface area (Å²) >= 11 is 5.95. The van der Waals surface area contributed by atoms with Crippen molar-refractivity contribution in [3.8, 4) is 0 Å². The molecule has 2 amide bonds. The molecule has 2 aromatic carbocycles. The summed E-state index contributed by atoms with van der Waals surface area (Å²) < 4.78 is 38.8. The SMILES string of the molecule is CC(=O)NCCN[C@@H](C(=O)Nc1cc(C(F)(F)F)ccc1Cl)c1ccccc1. The Morgan fingerprint density at radius 2 is 1.75 bits per heavy atom. The van der Waals surface area contributed by atoms with Crippen LogP contribution in [0.15, 0.2) is 48.5 Å². The van der Waals surface area contributed by atoms with Crippen molar-refractivity contribution in [2.24, 2.45) is 0 Å². The highest BCUT2D eigenvalue weighted by molar-refractivity contribution is 6.33. The summed E-state index contributed by atoms with van der Waals surface area (Å²) in [6.07, 6.45) is -4.56. The predicted octanol–water partition coefficient (Wildman–Crippen LogP) is 3.76. The smallest absolute Gasteiger partial charge is 0.355 e. The maximum Gasteiger partial charge on any atom is 0.416 e. The van der Waals surface area contributed by atoms with Gasteiger partial charge in [-0.25, -0.2) is 0 Å². The zero-order chi connectivity index (χ0) is 20.7. The molecule has 2 aromatic rings. The summed E-state index contributed by atoms with van der Waals surface area (Å²) in [5.74, 6) is -0.784. The zero-order valence-corrected chi connectivity index (χ0v) is 15.7. The number of anilines is 1. The molecule has 0 saturated heterocycles. The fourth-order valence-corrected chi connectivity index (χ4v) is 2.63. The van der Waals surface area contributed by atoms with Gasteiger partial charge >= 0.3 is 6.18 Å². The van der Waals surface area contributed by atoms with E-state index in [1.165, 1.54) is 6.92 Å². The number of hydrogen-bond donors (Lipinski definition) is 3. The van der Waals surface area contributed by atoms with E-state index < -0.39 is 23.7 Å². The molecule has 0 aliphatic rings. The van der Waals surface area contributed by atoms with Crippen molar-refractivity contribution in [3.63, 3.8) is 0 Å². The molecular weight excluding hydrogens is 395 g/mol. The van der Waals surface area contributed by atoms with Crippen LogP contribution < -0.4 is 16.0 Å². The van der Waals surface area contributed by atoms with Gasteiger partial charge in [0.1, 0.15) is 6.04 Å². The highest BCUT2D eigenvalue weighted by Crippen LogP contribution is 2.34. The molecule has 0 unspecified atom stereocenters. The van der Waals surface area contributed by atoms with E-state index in [0.29, 0.717) is 5.56 Å². The van der Waals surface area contributed by atoms with Crippen LogP contribution in [0, 0.1) is 0 Å². The third-order valence-electron chi connectivity index (χ3n) is 3.79. The first-order valence-electron chi connectivity index (χ1n) is 8.39. The maximum atomic E-state index is 12.9. The van der Waals surface area contributed by atoms with Crippen LogP contribution in [0.1, 0.15) is 24.1 Å².